The van der Waals surface area contributed by atoms with E-state index in [0.717, 1.165) is 33.9 Å². The number of benzene rings is 2. The van der Waals surface area contributed by atoms with Crippen molar-refractivity contribution < 1.29 is 32.6 Å². The molecular formula is C38H34ClF3N8O5. The number of carbonyl (C=O) groups is 2. The van der Waals surface area contributed by atoms with Crippen molar-refractivity contribution in [2.45, 2.75) is 44.7 Å². The summed E-state index contributed by atoms with van der Waals surface area (Å²) in [6, 6.07) is 12.9. The Kier molecular flexibility index (Phi) is 9.73. The highest BCUT2D eigenvalue weighted by atomic mass is 35.5. The predicted octanol–water partition coefficient (Wildman–Crippen LogP) is 6.07. The summed E-state index contributed by atoms with van der Waals surface area (Å²) in [5.74, 6) is -1.13. The van der Waals surface area contributed by atoms with Gasteiger partial charge in [0.15, 0.2) is 11.5 Å². The second-order valence-corrected chi connectivity index (χ2v) is 13.7. The maximum atomic E-state index is 14.4. The van der Waals surface area contributed by atoms with Gasteiger partial charge in [0.2, 0.25) is 11.7 Å². The van der Waals surface area contributed by atoms with Gasteiger partial charge in [0.05, 0.1) is 34.1 Å². The van der Waals surface area contributed by atoms with E-state index in [0.29, 0.717) is 11.3 Å². The number of aromatic hydroxyl groups is 1. The minimum atomic E-state index is -4.63. The van der Waals surface area contributed by atoms with Crippen molar-refractivity contribution in [3.8, 4) is 17.1 Å². The molecule has 0 aliphatic carbocycles. The van der Waals surface area contributed by atoms with Crippen LogP contribution in [-0.2, 0) is 34.5 Å². The van der Waals surface area contributed by atoms with E-state index in [2.05, 4.69) is 22.0 Å². The fourth-order valence-electron chi connectivity index (χ4n) is 6.89. The van der Waals surface area contributed by atoms with Crippen LogP contribution in [0.1, 0.15) is 52.6 Å². The summed E-state index contributed by atoms with van der Waals surface area (Å²) in [6.45, 7) is 5.55. The molecule has 17 heteroatoms. The maximum absolute atomic E-state index is 14.4. The Hall–Kier alpha value is -6.00. The molecule has 0 bridgehead atoms. The lowest BCUT2D eigenvalue weighted by atomic mass is 9.85. The van der Waals surface area contributed by atoms with Crippen molar-refractivity contribution in [2.24, 2.45) is 0 Å². The van der Waals surface area contributed by atoms with Crippen molar-refractivity contribution in [1.29, 1.82) is 0 Å². The number of nitrogens with zero attached hydrogens (tertiary/aromatic N) is 7. The molecule has 55 heavy (non-hydrogen) atoms. The Morgan fingerprint density at radius 3 is 2.53 bits per heavy atom. The second-order valence-electron chi connectivity index (χ2n) is 13.3. The highest BCUT2D eigenvalue weighted by Gasteiger charge is 2.48. The number of carbonyl (C=O) groups excluding carboxylic acids is 2. The topological polar surface area (TPSA) is 147 Å². The van der Waals surface area contributed by atoms with E-state index in [1.807, 2.05) is 49.3 Å². The Morgan fingerprint density at radius 2 is 1.87 bits per heavy atom. The zero-order chi connectivity index (χ0) is 39.2. The van der Waals surface area contributed by atoms with Crippen LogP contribution >= 0.6 is 11.6 Å². The van der Waals surface area contributed by atoms with Gasteiger partial charge in [-0.25, -0.2) is 4.98 Å². The Morgan fingerprint density at radius 1 is 1.15 bits per heavy atom. The van der Waals surface area contributed by atoms with Crippen LogP contribution in [0, 0.1) is 0 Å². The number of aromatic nitrogens is 5. The Labute approximate surface area is 316 Å². The van der Waals surface area contributed by atoms with E-state index in [1.165, 1.54) is 27.8 Å². The molecule has 1 spiro atoms. The van der Waals surface area contributed by atoms with E-state index < -0.39 is 41.3 Å². The summed E-state index contributed by atoms with van der Waals surface area (Å²) < 4.78 is 48.8. The molecule has 7 rings (SSSR count). The summed E-state index contributed by atoms with van der Waals surface area (Å²) in [5, 5.41) is 17.1. The summed E-state index contributed by atoms with van der Waals surface area (Å²) in [5.41, 5.74) is 0.380. The minimum absolute atomic E-state index is 0.0389. The average molecular weight is 775 g/mol. The van der Waals surface area contributed by atoms with E-state index in [9.17, 15) is 32.7 Å². The van der Waals surface area contributed by atoms with Gasteiger partial charge in [0, 0.05) is 38.1 Å². The third kappa shape index (κ3) is 7.05. The fourth-order valence-corrected chi connectivity index (χ4v) is 7.12. The molecule has 1 fully saturated rings. The van der Waals surface area contributed by atoms with Crippen LogP contribution in [0.3, 0.4) is 0 Å². The summed E-state index contributed by atoms with van der Waals surface area (Å²) in [6.07, 6.45) is 0.803. The molecule has 2 N–H and O–H groups in total. The van der Waals surface area contributed by atoms with Gasteiger partial charge in [-0.05, 0) is 67.4 Å². The average Bonchev–Trinajstić information content (AvgIpc) is 3.77. The maximum Gasteiger partial charge on any atom is 0.416 e. The monoisotopic (exact) mass is 774 g/mol. The van der Waals surface area contributed by atoms with Gasteiger partial charge >= 0.3 is 6.18 Å². The third-order valence-corrected chi connectivity index (χ3v) is 10.1. The van der Waals surface area contributed by atoms with Gasteiger partial charge in [-0.15, -0.1) is 5.10 Å². The van der Waals surface area contributed by atoms with Crippen molar-refractivity contribution in [2.75, 3.05) is 25.5 Å². The van der Waals surface area contributed by atoms with Crippen LogP contribution in [0.2, 0.25) is 5.02 Å². The van der Waals surface area contributed by atoms with Crippen molar-refractivity contribution in [3.63, 3.8) is 0 Å². The first-order chi connectivity index (χ1) is 26.2. The van der Waals surface area contributed by atoms with Gasteiger partial charge in [-0.2, -0.15) is 22.7 Å². The lowest BCUT2D eigenvalue weighted by molar-refractivity contribution is -0.137. The van der Waals surface area contributed by atoms with Crippen LogP contribution in [0.15, 0.2) is 84.6 Å². The van der Waals surface area contributed by atoms with Crippen LogP contribution < -0.4 is 10.9 Å². The molecule has 2 aliphatic rings. The summed E-state index contributed by atoms with van der Waals surface area (Å²) in [7, 11) is 1.86. The van der Waals surface area contributed by atoms with Gasteiger partial charge in [-0.1, -0.05) is 42.4 Å². The first kappa shape index (κ1) is 37.3. The normalized spacial score (nSPS) is 15.3. The number of hydrogen-bond acceptors (Lipinski definition) is 9. The number of hydrogen-bond donors (Lipinski definition) is 2. The molecule has 13 nitrogen and oxygen atoms in total. The van der Waals surface area contributed by atoms with Crippen LogP contribution in [-0.4, -0.2) is 71.0 Å². The van der Waals surface area contributed by atoms with Crippen molar-refractivity contribution >= 4 is 40.5 Å². The number of amides is 2. The largest absolute Gasteiger partial charge is 0.505 e. The molecule has 0 unspecified atom stereocenters. The zero-order valence-corrected chi connectivity index (χ0v) is 30.4. The van der Waals surface area contributed by atoms with Crippen LogP contribution in [0.5, 0.6) is 5.75 Å². The molecule has 1 saturated heterocycles. The number of likely N-dealkylation sites (tertiary alicyclic amines) is 1. The van der Waals surface area contributed by atoms with Crippen molar-refractivity contribution in [3.05, 3.63) is 123 Å². The molecule has 3 aromatic heterocycles. The quantitative estimate of drug-likeness (QED) is 0.192. The molecule has 0 atom stereocenters. The zero-order valence-electron chi connectivity index (χ0n) is 29.6. The van der Waals surface area contributed by atoms with E-state index in [4.69, 9.17) is 21.3 Å². The second kappa shape index (κ2) is 14.3. The van der Waals surface area contributed by atoms with E-state index in [1.54, 1.807) is 6.20 Å². The summed E-state index contributed by atoms with van der Waals surface area (Å²) >= 11 is 6.14. The molecule has 2 aromatic carbocycles. The smallest absolute Gasteiger partial charge is 0.416 e. The minimum Gasteiger partial charge on any atom is -0.505 e. The lowest BCUT2D eigenvalue weighted by Gasteiger charge is -2.38. The first-order valence-electron chi connectivity index (χ1n) is 17.1. The standard InChI is InChI=1S/C38H34ClF3N8O5/c1-4-47(3)19-22(2)23-7-9-24(10-8-23)33-45-36-49(20-30(52)44-27-12-11-25(18-26(27)39)38(40,41)42)28-21-55-37(31(28)34(53)50(36)46-33)13-16-48(17-14-37)35(54)32-29(51)6-5-15-43-32/h4-12,15,18-19,51H,1,13-14,16-17,20-21H2,2-3H3,(H,44,52)/b22-19+. The SMILES string of the molecule is C=CN(C)/C=C(\C)c1ccc(-c2nc3n(CC(=O)Nc4ccc(C(F)(F)F)cc4Cl)c4c(c(=O)n3n2)C2(CCN(C(=O)c3ncccc3O)CC2)OC4)cc1. The number of anilines is 1. The van der Waals surface area contributed by atoms with E-state index >= 15 is 0 Å². The summed E-state index contributed by atoms with van der Waals surface area (Å²) in [4.78, 5) is 53.3. The molecule has 2 aliphatic heterocycles. The molecule has 2 amide bonds. The lowest BCUT2D eigenvalue weighted by Crippen LogP contribution is -2.47. The molecule has 284 valence electrons. The van der Waals surface area contributed by atoms with Crippen molar-refractivity contribution in [1.82, 2.24) is 33.9 Å². The number of ether oxygens (including phenoxy) is 1. The molecule has 5 heterocycles. The predicted molar refractivity (Wildman–Crippen MR) is 197 cm³/mol. The number of allylic oxidation sites excluding steroid dienone is 1. The molecular weight excluding hydrogens is 741 g/mol. The van der Waals surface area contributed by atoms with Crippen LogP contribution in [0.4, 0.5) is 18.9 Å². The fraction of sp³-hybridized carbons (Fsp3) is 0.263. The van der Waals surface area contributed by atoms with Gasteiger partial charge in [0.25, 0.3) is 11.5 Å². The number of nitrogens with one attached hydrogen (secondary N) is 1. The van der Waals surface area contributed by atoms with Gasteiger partial charge < -0.3 is 29.5 Å². The third-order valence-electron chi connectivity index (χ3n) is 9.80. The Balaban J connectivity index is 1.26. The number of rotatable bonds is 8. The van der Waals surface area contributed by atoms with Gasteiger partial charge in [-0.3, -0.25) is 14.4 Å². The molecule has 0 saturated carbocycles. The van der Waals surface area contributed by atoms with E-state index in [-0.39, 0.29) is 71.9 Å². The number of fused-ring (bicyclic) bond motifs is 3. The Bertz CT molecular complexity index is 2440. The molecule has 5 aromatic rings. The number of piperidine rings is 1. The number of alkyl halides is 3. The number of pyridine rings is 1. The van der Waals surface area contributed by atoms with Gasteiger partial charge in [0.1, 0.15) is 17.9 Å². The molecule has 0 radical (unpaired) electrons. The highest BCUT2D eigenvalue weighted by molar-refractivity contribution is 6.33. The highest BCUT2D eigenvalue weighted by Crippen LogP contribution is 2.43. The first-order valence-corrected chi connectivity index (χ1v) is 17.5. The van der Waals surface area contributed by atoms with Crippen LogP contribution in [0.25, 0.3) is 22.7 Å². The number of halogens is 4.